The van der Waals surface area contributed by atoms with E-state index in [1.54, 1.807) is 0 Å². The molecule has 0 unspecified atom stereocenters. The number of hydrazine groups is 1. The van der Waals surface area contributed by atoms with Crippen molar-refractivity contribution in [2.75, 3.05) is 18.8 Å². The van der Waals surface area contributed by atoms with Crippen LogP contribution in [0.15, 0.2) is 48.5 Å². The lowest BCUT2D eigenvalue weighted by Crippen LogP contribution is -2.38. The van der Waals surface area contributed by atoms with E-state index in [-0.39, 0.29) is 11.7 Å². The monoisotopic (exact) mass is 399 g/mol. The van der Waals surface area contributed by atoms with Crippen molar-refractivity contribution in [1.82, 2.24) is 20.4 Å². The zero-order valence-corrected chi connectivity index (χ0v) is 16.9. The second-order valence-corrected chi connectivity index (χ2v) is 7.97. The Kier molecular flexibility index (Phi) is 5.02. The van der Waals surface area contributed by atoms with E-state index in [1.807, 2.05) is 42.5 Å². The maximum absolute atomic E-state index is 13.2. The second-order valence-electron chi connectivity index (χ2n) is 7.97. The lowest BCUT2D eigenvalue weighted by atomic mass is 10.0. The molecule has 0 amide bonds. The van der Waals surface area contributed by atoms with E-state index < -0.39 is 0 Å². The molecular formula is C24H25N5O. The molecule has 1 aromatic heterocycles. The molecule has 0 bridgehead atoms. The Hall–Kier alpha value is -3.09. The predicted octanol–water partition coefficient (Wildman–Crippen LogP) is 3.82. The highest BCUT2D eigenvalue weighted by molar-refractivity contribution is 6.23. The van der Waals surface area contributed by atoms with Crippen LogP contribution in [0.4, 0.5) is 5.95 Å². The quantitative estimate of drug-likeness (QED) is 0.543. The third-order valence-corrected chi connectivity index (χ3v) is 5.90. The number of nitrogens with zero attached hydrogens (tertiary/aromatic N) is 3. The van der Waals surface area contributed by atoms with Crippen LogP contribution in [0.2, 0.25) is 0 Å². The van der Waals surface area contributed by atoms with Crippen LogP contribution in [-0.2, 0) is 6.54 Å². The van der Waals surface area contributed by atoms with Crippen molar-refractivity contribution in [3.05, 3.63) is 65.2 Å². The fourth-order valence-corrected chi connectivity index (χ4v) is 4.35. The number of anilines is 1. The molecule has 2 heterocycles. The number of benzene rings is 2. The predicted molar refractivity (Wildman–Crippen MR) is 118 cm³/mol. The Morgan fingerprint density at radius 3 is 2.40 bits per heavy atom. The molecule has 6 nitrogen and oxygen atoms in total. The Morgan fingerprint density at radius 2 is 1.63 bits per heavy atom. The van der Waals surface area contributed by atoms with Crippen LogP contribution in [0.3, 0.4) is 0 Å². The molecule has 1 aliphatic heterocycles. The van der Waals surface area contributed by atoms with E-state index in [1.165, 1.54) is 25.7 Å². The maximum atomic E-state index is 13.2. The summed E-state index contributed by atoms with van der Waals surface area (Å²) >= 11 is 0. The summed E-state index contributed by atoms with van der Waals surface area (Å²) in [6, 6.07) is 15.7. The van der Waals surface area contributed by atoms with Gasteiger partial charge in [0, 0.05) is 36.3 Å². The van der Waals surface area contributed by atoms with Crippen molar-refractivity contribution in [2.24, 2.45) is 0 Å². The molecule has 1 saturated heterocycles. The van der Waals surface area contributed by atoms with Gasteiger partial charge in [0.1, 0.15) is 0 Å². The summed E-state index contributed by atoms with van der Waals surface area (Å²) in [6.07, 6.45) is 5.08. The molecule has 0 saturated carbocycles. The van der Waals surface area contributed by atoms with Gasteiger partial charge in [0.25, 0.3) is 0 Å². The van der Waals surface area contributed by atoms with Crippen LogP contribution >= 0.6 is 0 Å². The molecular weight excluding hydrogens is 374 g/mol. The van der Waals surface area contributed by atoms with Gasteiger partial charge in [-0.05, 0) is 24.5 Å². The van der Waals surface area contributed by atoms with Crippen LogP contribution in [0.5, 0.6) is 0 Å². The number of hydrogen-bond donors (Lipinski definition) is 2. The number of hydrogen-bond acceptors (Lipinski definition) is 6. The van der Waals surface area contributed by atoms with Gasteiger partial charge in [0.15, 0.2) is 5.78 Å². The van der Waals surface area contributed by atoms with Gasteiger partial charge in [-0.1, -0.05) is 55.3 Å². The average Bonchev–Trinajstić information content (AvgIpc) is 2.93. The number of carbonyl (C=O) groups is 1. The highest BCUT2D eigenvalue weighted by Gasteiger charge is 2.32. The first kappa shape index (κ1) is 18.9. The fraction of sp³-hybridized carbons (Fsp3) is 0.292. The molecule has 3 aromatic rings. The van der Waals surface area contributed by atoms with Crippen LogP contribution in [-0.4, -0.2) is 33.8 Å². The maximum Gasteiger partial charge on any atom is 0.221 e. The molecule has 30 heavy (non-hydrogen) atoms. The van der Waals surface area contributed by atoms with E-state index >= 15 is 0 Å². The molecule has 0 radical (unpaired) electrons. The first-order chi connectivity index (χ1) is 14.7. The molecule has 6 heteroatoms. The molecule has 1 aliphatic carbocycles. The lowest BCUT2D eigenvalue weighted by molar-refractivity contribution is 0.104. The number of aromatic nitrogens is 2. The Labute approximate surface area is 176 Å². The summed E-state index contributed by atoms with van der Waals surface area (Å²) in [7, 11) is 0. The van der Waals surface area contributed by atoms with Gasteiger partial charge in [-0.3, -0.25) is 10.2 Å². The smallest absolute Gasteiger partial charge is 0.221 e. The lowest BCUT2D eigenvalue weighted by Gasteiger charge is -2.21. The first-order valence-electron chi connectivity index (χ1n) is 10.6. The van der Waals surface area contributed by atoms with Gasteiger partial charge in [-0.25, -0.2) is 15.0 Å². The van der Waals surface area contributed by atoms with Crippen molar-refractivity contribution in [3.8, 4) is 22.5 Å². The van der Waals surface area contributed by atoms with Gasteiger partial charge < -0.3 is 5.73 Å². The van der Waals surface area contributed by atoms with Crippen molar-refractivity contribution in [3.63, 3.8) is 0 Å². The van der Waals surface area contributed by atoms with Crippen LogP contribution in [0.25, 0.3) is 22.5 Å². The minimum atomic E-state index is -0.0362. The first-order valence-corrected chi connectivity index (χ1v) is 10.6. The fourth-order valence-electron chi connectivity index (χ4n) is 4.35. The van der Waals surface area contributed by atoms with Gasteiger partial charge >= 0.3 is 0 Å². The zero-order chi connectivity index (χ0) is 20.5. The number of nitrogens with two attached hydrogens (primary N) is 1. The van der Waals surface area contributed by atoms with E-state index in [4.69, 9.17) is 5.73 Å². The number of carbonyl (C=O) groups excluding carboxylic acids is 1. The van der Waals surface area contributed by atoms with Crippen molar-refractivity contribution in [1.29, 1.82) is 0 Å². The Morgan fingerprint density at radius 1 is 0.900 bits per heavy atom. The van der Waals surface area contributed by atoms with Crippen LogP contribution < -0.4 is 11.2 Å². The molecule has 152 valence electrons. The second kappa shape index (κ2) is 7.97. The van der Waals surface area contributed by atoms with Crippen molar-refractivity contribution >= 4 is 11.7 Å². The SMILES string of the molecule is Nc1nc(-c2ccccc2)c2c(n1)-c1cc(CNN3CCCCCC3)ccc1C2=O. The molecule has 2 aromatic carbocycles. The van der Waals surface area contributed by atoms with Gasteiger partial charge in [-0.2, -0.15) is 0 Å². The topological polar surface area (TPSA) is 84.1 Å². The number of nitrogen functional groups attached to an aromatic ring is 1. The van der Waals surface area contributed by atoms with Gasteiger partial charge in [-0.15, -0.1) is 0 Å². The van der Waals surface area contributed by atoms with Crippen molar-refractivity contribution < 1.29 is 4.79 Å². The molecule has 0 spiro atoms. The van der Waals surface area contributed by atoms with E-state index in [0.29, 0.717) is 22.5 Å². The van der Waals surface area contributed by atoms with Crippen LogP contribution in [0, 0.1) is 0 Å². The van der Waals surface area contributed by atoms with Crippen LogP contribution in [0.1, 0.15) is 47.2 Å². The minimum Gasteiger partial charge on any atom is -0.368 e. The van der Waals surface area contributed by atoms with Crippen molar-refractivity contribution in [2.45, 2.75) is 32.2 Å². The third-order valence-electron chi connectivity index (χ3n) is 5.90. The third kappa shape index (κ3) is 3.49. The summed E-state index contributed by atoms with van der Waals surface area (Å²) in [6.45, 7) is 2.88. The highest BCUT2D eigenvalue weighted by atomic mass is 16.1. The summed E-state index contributed by atoms with van der Waals surface area (Å²) < 4.78 is 0. The highest BCUT2D eigenvalue weighted by Crippen LogP contribution is 2.40. The summed E-state index contributed by atoms with van der Waals surface area (Å²) in [5.41, 5.74) is 14.9. The summed E-state index contributed by atoms with van der Waals surface area (Å²) in [5, 5.41) is 2.31. The standard InChI is InChI=1S/C24H25N5O/c25-24-27-21(17-8-4-3-5-9-17)20-22(28-24)19-14-16(10-11-18(19)23(20)30)15-26-29-12-6-1-2-7-13-29/h3-5,8-11,14,26H,1-2,6-7,12-13,15H2,(H2,25,27,28). The number of fused-ring (bicyclic) bond motifs is 3. The Balaban J connectivity index is 1.48. The number of rotatable bonds is 4. The van der Waals surface area contributed by atoms with Gasteiger partial charge in [0.2, 0.25) is 5.95 Å². The Bertz CT molecular complexity index is 1090. The molecule has 2 aliphatic rings. The molecule has 3 N–H and O–H groups in total. The zero-order valence-electron chi connectivity index (χ0n) is 16.9. The van der Waals surface area contributed by atoms with E-state index in [9.17, 15) is 4.79 Å². The normalized spacial score (nSPS) is 16.2. The molecule has 0 atom stereocenters. The minimum absolute atomic E-state index is 0.0362. The average molecular weight is 399 g/mol. The number of ketones is 1. The number of nitrogens with one attached hydrogen (secondary N) is 1. The van der Waals surface area contributed by atoms with E-state index in [2.05, 4.69) is 26.5 Å². The summed E-state index contributed by atoms with van der Waals surface area (Å²) in [4.78, 5) is 22.1. The molecule has 1 fully saturated rings. The van der Waals surface area contributed by atoms with Gasteiger partial charge in [0.05, 0.1) is 17.0 Å². The largest absolute Gasteiger partial charge is 0.368 e. The molecule has 5 rings (SSSR count). The summed E-state index contributed by atoms with van der Waals surface area (Å²) in [5.74, 6) is 0.146. The van der Waals surface area contributed by atoms with E-state index in [0.717, 1.165) is 36.3 Å².